The van der Waals surface area contributed by atoms with E-state index in [9.17, 15) is 4.79 Å². The highest BCUT2D eigenvalue weighted by atomic mass is 16.7. The predicted molar refractivity (Wildman–Crippen MR) is 56.3 cm³/mol. The Morgan fingerprint density at radius 3 is 2.60 bits per heavy atom. The van der Waals surface area contributed by atoms with E-state index >= 15 is 0 Å². The smallest absolute Gasteiger partial charge is 0.449 e. The van der Waals surface area contributed by atoms with Crippen LogP contribution in [-0.4, -0.2) is 11.3 Å². The Balaban J connectivity index is 2.24. The highest BCUT2D eigenvalue weighted by Crippen LogP contribution is 2.38. The van der Waals surface area contributed by atoms with Crippen LogP contribution in [0, 0.1) is 0 Å². The van der Waals surface area contributed by atoms with Gasteiger partial charge in [0.1, 0.15) is 5.75 Å². The lowest BCUT2D eigenvalue weighted by atomic mass is 9.97. The zero-order valence-electron chi connectivity index (χ0n) is 8.48. The topological polar surface area (TPSA) is 46.5 Å². The second kappa shape index (κ2) is 4.34. The van der Waals surface area contributed by atoms with Gasteiger partial charge in [-0.3, -0.25) is 0 Å². The van der Waals surface area contributed by atoms with Gasteiger partial charge in [-0.15, -0.1) is 0 Å². The van der Waals surface area contributed by atoms with Crippen molar-refractivity contribution in [2.75, 3.05) is 0 Å². The van der Waals surface area contributed by atoms with Crippen molar-refractivity contribution in [1.82, 2.24) is 0 Å². The van der Waals surface area contributed by atoms with Crippen LogP contribution >= 0.6 is 0 Å². The molecule has 0 saturated heterocycles. The van der Waals surface area contributed by atoms with E-state index in [1.807, 2.05) is 12.1 Å². The van der Waals surface area contributed by atoms with Crippen LogP contribution in [0.5, 0.6) is 5.75 Å². The number of benzene rings is 1. The maximum absolute atomic E-state index is 10.5. The summed E-state index contributed by atoms with van der Waals surface area (Å²) < 4.78 is 4.77. The molecular weight excluding hydrogens is 192 g/mol. The van der Waals surface area contributed by atoms with Gasteiger partial charge in [-0.1, -0.05) is 31.0 Å². The summed E-state index contributed by atoms with van der Waals surface area (Å²) in [5, 5.41) is 8.61. The molecule has 80 valence electrons. The zero-order valence-corrected chi connectivity index (χ0v) is 8.48. The summed E-state index contributed by atoms with van der Waals surface area (Å²) in [4.78, 5) is 10.5. The minimum atomic E-state index is -1.24. The third kappa shape index (κ3) is 2.29. The zero-order chi connectivity index (χ0) is 10.7. The molecule has 0 atom stereocenters. The minimum absolute atomic E-state index is 0.473. The van der Waals surface area contributed by atoms with E-state index in [2.05, 4.69) is 0 Å². The number of hydrogen-bond acceptors (Lipinski definition) is 2. The molecule has 1 aliphatic carbocycles. The average molecular weight is 206 g/mol. The minimum Gasteiger partial charge on any atom is -0.449 e. The summed E-state index contributed by atoms with van der Waals surface area (Å²) in [6.07, 6.45) is 3.50. The largest absolute Gasteiger partial charge is 0.511 e. The Hall–Kier alpha value is -1.51. The van der Waals surface area contributed by atoms with Crippen molar-refractivity contribution in [2.45, 2.75) is 31.6 Å². The second-order valence-corrected chi connectivity index (χ2v) is 3.89. The molecular formula is C12H14O3. The van der Waals surface area contributed by atoms with Crippen molar-refractivity contribution >= 4 is 6.16 Å². The lowest BCUT2D eigenvalue weighted by Gasteiger charge is -2.13. The van der Waals surface area contributed by atoms with Crippen molar-refractivity contribution < 1.29 is 14.6 Å². The van der Waals surface area contributed by atoms with Crippen molar-refractivity contribution in [3.8, 4) is 5.75 Å². The summed E-state index contributed by atoms with van der Waals surface area (Å²) in [6, 6.07) is 7.43. The third-order valence-electron chi connectivity index (χ3n) is 2.91. The summed E-state index contributed by atoms with van der Waals surface area (Å²) in [5.41, 5.74) is 1.04. The molecule has 0 radical (unpaired) electrons. The normalized spacial score (nSPS) is 16.5. The molecule has 1 aromatic rings. The van der Waals surface area contributed by atoms with Crippen molar-refractivity contribution in [2.24, 2.45) is 0 Å². The average Bonchev–Trinajstić information content (AvgIpc) is 2.70. The lowest BCUT2D eigenvalue weighted by molar-refractivity contribution is 0.144. The first-order valence-electron chi connectivity index (χ1n) is 5.27. The van der Waals surface area contributed by atoms with Crippen LogP contribution in [0.1, 0.15) is 37.2 Å². The van der Waals surface area contributed by atoms with Crippen molar-refractivity contribution in [1.29, 1.82) is 0 Å². The first kappa shape index (κ1) is 10.0. The van der Waals surface area contributed by atoms with Crippen LogP contribution < -0.4 is 4.74 Å². The van der Waals surface area contributed by atoms with Crippen LogP contribution in [0.2, 0.25) is 0 Å². The fourth-order valence-corrected chi connectivity index (χ4v) is 2.24. The first-order valence-corrected chi connectivity index (χ1v) is 5.27. The molecule has 0 spiro atoms. The van der Waals surface area contributed by atoms with E-state index < -0.39 is 6.16 Å². The van der Waals surface area contributed by atoms with Crippen LogP contribution in [0.25, 0.3) is 0 Å². The molecule has 1 aliphatic rings. The molecule has 0 bridgehead atoms. The molecule has 1 N–H and O–H groups in total. The maximum Gasteiger partial charge on any atom is 0.511 e. The fraction of sp³-hybridized carbons (Fsp3) is 0.417. The Labute approximate surface area is 88.7 Å². The first-order chi connectivity index (χ1) is 7.27. The Morgan fingerprint density at radius 1 is 1.27 bits per heavy atom. The standard InChI is InChI=1S/C12H14O3/c13-12(14)15-11-8-4-3-7-10(11)9-5-1-2-6-9/h3-4,7-9H,1-2,5-6H2,(H,13,14). The van der Waals surface area contributed by atoms with Crippen LogP contribution in [0.4, 0.5) is 4.79 Å². The van der Waals surface area contributed by atoms with Gasteiger partial charge in [0.05, 0.1) is 0 Å². The maximum atomic E-state index is 10.5. The van der Waals surface area contributed by atoms with E-state index in [4.69, 9.17) is 9.84 Å². The third-order valence-corrected chi connectivity index (χ3v) is 2.91. The summed E-state index contributed by atoms with van der Waals surface area (Å²) >= 11 is 0. The molecule has 1 fully saturated rings. The number of ether oxygens (including phenoxy) is 1. The van der Waals surface area contributed by atoms with E-state index in [0.717, 1.165) is 18.4 Å². The van der Waals surface area contributed by atoms with Gasteiger partial charge in [0.25, 0.3) is 0 Å². The highest BCUT2D eigenvalue weighted by molar-refractivity contribution is 5.62. The second-order valence-electron chi connectivity index (χ2n) is 3.89. The van der Waals surface area contributed by atoms with E-state index in [-0.39, 0.29) is 0 Å². The van der Waals surface area contributed by atoms with Gasteiger partial charge in [0, 0.05) is 0 Å². The molecule has 0 aromatic heterocycles. The Morgan fingerprint density at radius 2 is 1.93 bits per heavy atom. The highest BCUT2D eigenvalue weighted by Gasteiger charge is 2.21. The van der Waals surface area contributed by atoms with E-state index in [1.54, 1.807) is 12.1 Å². The molecule has 0 amide bonds. The number of carboxylic acid groups (broad SMARTS) is 1. The molecule has 0 unspecified atom stereocenters. The lowest BCUT2D eigenvalue weighted by Crippen LogP contribution is -2.06. The van der Waals surface area contributed by atoms with Gasteiger partial charge < -0.3 is 9.84 Å². The quantitative estimate of drug-likeness (QED) is 0.595. The molecule has 3 nitrogen and oxygen atoms in total. The van der Waals surface area contributed by atoms with E-state index in [1.165, 1.54) is 12.8 Å². The molecule has 1 saturated carbocycles. The molecule has 1 aromatic carbocycles. The molecule has 0 heterocycles. The Kier molecular flexibility index (Phi) is 2.90. The summed E-state index contributed by atoms with van der Waals surface area (Å²) in [6.45, 7) is 0. The van der Waals surface area contributed by atoms with Crippen molar-refractivity contribution in [3.05, 3.63) is 29.8 Å². The monoisotopic (exact) mass is 206 g/mol. The summed E-state index contributed by atoms with van der Waals surface area (Å²) in [7, 11) is 0. The number of carbonyl (C=O) groups is 1. The molecule has 0 aliphatic heterocycles. The van der Waals surface area contributed by atoms with Gasteiger partial charge in [-0.2, -0.15) is 0 Å². The number of para-hydroxylation sites is 1. The Bertz CT molecular complexity index is 354. The predicted octanol–water partition coefficient (Wildman–Crippen LogP) is 3.40. The van der Waals surface area contributed by atoms with Gasteiger partial charge in [0.2, 0.25) is 0 Å². The van der Waals surface area contributed by atoms with Crippen LogP contribution in [0.15, 0.2) is 24.3 Å². The van der Waals surface area contributed by atoms with E-state index in [0.29, 0.717) is 11.7 Å². The SMILES string of the molecule is O=C(O)Oc1ccccc1C1CCCC1. The van der Waals surface area contributed by atoms with Gasteiger partial charge in [-0.05, 0) is 30.4 Å². The van der Waals surface area contributed by atoms with Gasteiger partial charge in [0.15, 0.2) is 0 Å². The fourth-order valence-electron chi connectivity index (χ4n) is 2.24. The van der Waals surface area contributed by atoms with Crippen LogP contribution in [0.3, 0.4) is 0 Å². The van der Waals surface area contributed by atoms with Crippen molar-refractivity contribution in [3.63, 3.8) is 0 Å². The van der Waals surface area contributed by atoms with Gasteiger partial charge >= 0.3 is 6.16 Å². The molecule has 15 heavy (non-hydrogen) atoms. The van der Waals surface area contributed by atoms with Crippen LogP contribution in [-0.2, 0) is 0 Å². The number of rotatable bonds is 2. The molecule has 3 heteroatoms. The number of hydrogen-bond donors (Lipinski definition) is 1. The molecule has 2 rings (SSSR count). The van der Waals surface area contributed by atoms with Gasteiger partial charge in [-0.25, -0.2) is 4.79 Å². The summed E-state index contributed by atoms with van der Waals surface area (Å²) in [5.74, 6) is 0.970.